The van der Waals surface area contributed by atoms with Gasteiger partial charge in [-0.05, 0) is 56.3 Å². The summed E-state index contributed by atoms with van der Waals surface area (Å²) in [6.45, 7) is 6.94. The Morgan fingerprint density at radius 1 is 1.00 bits per heavy atom. The van der Waals surface area contributed by atoms with Crippen molar-refractivity contribution in [3.05, 3.63) is 53.1 Å². The molecule has 1 amide bonds. The number of carbonyl (C=O) groups is 1. The summed E-state index contributed by atoms with van der Waals surface area (Å²) >= 11 is 0. The molecule has 8 nitrogen and oxygen atoms in total. The zero-order valence-electron chi connectivity index (χ0n) is 18.6. The van der Waals surface area contributed by atoms with E-state index in [0.29, 0.717) is 62.0 Å². The molecule has 9 heteroatoms. The van der Waals surface area contributed by atoms with Gasteiger partial charge in [-0.3, -0.25) is 4.79 Å². The van der Waals surface area contributed by atoms with E-state index in [2.05, 4.69) is 10.2 Å². The number of rotatable bonds is 5. The van der Waals surface area contributed by atoms with Crippen LogP contribution in [-0.4, -0.2) is 70.0 Å². The normalized spacial score (nSPS) is 18.2. The fourth-order valence-electron chi connectivity index (χ4n) is 3.87. The minimum Gasteiger partial charge on any atom is -0.486 e. The van der Waals surface area contributed by atoms with Gasteiger partial charge >= 0.3 is 0 Å². The maximum absolute atomic E-state index is 13.1. The molecule has 0 saturated carbocycles. The molecule has 0 radical (unpaired) electrons. The lowest BCUT2D eigenvalue weighted by Crippen LogP contribution is -2.47. The summed E-state index contributed by atoms with van der Waals surface area (Å²) in [5.41, 5.74) is 1.94. The number of aryl methyl sites for hydroxylation is 1. The molecule has 0 spiro atoms. The molecule has 2 aromatic rings. The highest BCUT2D eigenvalue weighted by Crippen LogP contribution is 2.32. The van der Waals surface area contributed by atoms with E-state index < -0.39 is 10.0 Å². The van der Waals surface area contributed by atoms with Gasteiger partial charge in [0.25, 0.3) is 5.91 Å². The molecule has 1 atom stereocenters. The predicted molar refractivity (Wildman–Crippen MR) is 121 cm³/mol. The Morgan fingerprint density at radius 3 is 2.41 bits per heavy atom. The highest BCUT2D eigenvalue weighted by molar-refractivity contribution is 7.89. The zero-order chi connectivity index (χ0) is 22.9. The molecule has 1 fully saturated rings. The first-order valence-electron chi connectivity index (χ1n) is 10.8. The third-order valence-electron chi connectivity index (χ3n) is 5.97. The number of ether oxygens (including phenoxy) is 2. The average molecular weight is 460 g/mol. The van der Waals surface area contributed by atoms with Crippen LogP contribution in [0.4, 0.5) is 0 Å². The van der Waals surface area contributed by atoms with Crippen LogP contribution < -0.4 is 14.8 Å². The minimum absolute atomic E-state index is 0.143. The van der Waals surface area contributed by atoms with E-state index in [-0.39, 0.29) is 16.8 Å². The third-order valence-corrected chi connectivity index (χ3v) is 7.86. The molecule has 2 aliphatic rings. The first-order valence-corrected chi connectivity index (χ1v) is 12.2. The highest BCUT2D eigenvalue weighted by Gasteiger charge is 2.28. The summed E-state index contributed by atoms with van der Waals surface area (Å²) < 4.78 is 38.9. The summed E-state index contributed by atoms with van der Waals surface area (Å²) in [7, 11) is -1.68. The van der Waals surface area contributed by atoms with E-state index in [4.69, 9.17) is 9.47 Å². The summed E-state index contributed by atoms with van der Waals surface area (Å²) in [5.74, 6) is 1.03. The van der Waals surface area contributed by atoms with Crippen molar-refractivity contribution in [2.24, 2.45) is 0 Å². The Hall–Kier alpha value is -2.62. The molecule has 0 aliphatic carbocycles. The Morgan fingerprint density at radius 2 is 1.69 bits per heavy atom. The van der Waals surface area contributed by atoms with Gasteiger partial charge < -0.3 is 19.7 Å². The fourth-order valence-corrected chi connectivity index (χ4v) is 5.32. The lowest BCUT2D eigenvalue weighted by atomic mass is 10.0. The molecule has 0 bridgehead atoms. The van der Waals surface area contributed by atoms with Gasteiger partial charge in [-0.1, -0.05) is 12.1 Å². The van der Waals surface area contributed by atoms with Crippen molar-refractivity contribution < 1.29 is 22.7 Å². The Labute approximate surface area is 189 Å². The molecule has 0 unspecified atom stereocenters. The monoisotopic (exact) mass is 459 g/mol. The summed E-state index contributed by atoms with van der Waals surface area (Å²) in [4.78, 5) is 15.3. The van der Waals surface area contributed by atoms with Crippen molar-refractivity contribution in [3.8, 4) is 11.5 Å². The molecule has 2 aromatic carbocycles. The van der Waals surface area contributed by atoms with Crippen molar-refractivity contribution in [1.82, 2.24) is 14.5 Å². The first kappa shape index (κ1) is 22.6. The lowest BCUT2D eigenvalue weighted by molar-refractivity contribution is 0.0939. The quantitative estimate of drug-likeness (QED) is 0.738. The largest absolute Gasteiger partial charge is 0.486 e. The number of sulfonamides is 1. The second-order valence-corrected chi connectivity index (χ2v) is 10.2. The van der Waals surface area contributed by atoms with E-state index >= 15 is 0 Å². The number of nitrogens with one attached hydrogen (secondary N) is 1. The molecular weight excluding hydrogens is 430 g/mol. The molecule has 0 aromatic heterocycles. The van der Waals surface area contributed by atoms with E-state index in [9.17, 15) is 13.2 Å². The topological polar surface area (TPSA) is 88.2 Å². The van der Waals surface area contributed by atoms with Crippen LogP contribution in [0, 0.1) is 6.92 Å². The summed E-state index contributed by atoms with van der Waals surface area (Å²) in [5, 5.41) is 2.97. The van der Waals surface area contributed by atoms with E-state index in [1.165, 1.54) is 10.4 Å². The minimum atomic E-state index is -3.65. The lowest BCUT2D eigenvalue weighted by Gasteiger charge is -2.31. The van der Waals surface area contributed by atoms with Crippen molar-refractivity contribution in [2.75, 3.05) is 46.4 Å². The van der Waals surface area contributed by atoms with Crippen LogP contribution in [0.2, 0.25) is 0 Å². The summed E-state index contributed by atoms with van der Waals surface area (Å²) in [6, 6.07) is 10.0. The van der Waals surface area contributed by atoms with Crippen molar-refractivity contribution in [3.63, 3.8) is 0 Å². The van der Waals surface area contributed by atoms with Crippen LogP contribution in [0.3, 0.4) is 0 Å². The Bertz CT molecular complexity index is 1110. The van der Waals surface area contributed by atoms with Crippen LogP contribution in [0.5, 0.6) is 11.5 Å². The Kier molecular flexibility index (Phi) is 6.41. The molecular formula is C23H29N3O5S. The first-order chi connectivity index (χ1) is 15.3. The molecule has 1 saturated heterocycles. The van der Waals surface area contributed by atoms with Gasteiger partial charge in [0.2, 0.25) is 10.0 Å². The second kappa shape index (κ2) is 9.09. The van der Waals surface area contributed by atoms with Gasteiger partial charge in [0.15, 0.2) is 11.5 Å². The van der Waals surface area contributed by atoms with Crippen molar-refractivity contribution in [1.29, 1.82) is 0 Å². The number of benzene rings is 2. The number of amides is 1. The molecule has 172 valence electrons. The van der Waals surface area contributed by atoms with Crippen molar-refractivity contribution in [2.45, 2.75) is 24.8 Å². The van der Waals surface area contributed by atoms with E-state index in [1.54, 1.807) is 19.1 Å². The Balaban J connectivity index is 1.52. The van der Waals surface area contributed by atoms with Crippen LogP contribution >= 0.6 is 0 Å². The maximum atomic E-state index is 13.1. The SMILES string of the molecule is Cc1ccc(S(=O)(=O)N2CCN(C)CC2)cc1C(=O)N[C@H](C)c1ccc2c(c1)OCCO2. The summed E-state index contributed by atoms with van der Waals surface area (Å²) in [6.07, 6.45) is 0. The number of nitrogens with zero attached hydrogens (tertiary/aromatic N) is 2. The van der Waals surface area contributed by atoms with Gasteiger partial charge in [-0.2, -0.15) is 4.31 Å². The standard InChI is InChI=1S/C23H29N3O5S/c1-16-4-6-19(32(28,29)26-10-8-25(3)9-11-26)15-20(16)23(27)24-17(2)18-5-7-21-22(14-18)31-13-12-30-21/h4-7,14-15,17H,8-13H2,1-3H3,(H,24,27)/t17-/m1/s1. The van der Waals surface area contributed by atoms with Crippen molar-refractivity contribution >= 4 is 15.9 Å². The fraction of sp³-hybridized carbons (Fsp3) is 0.435. The highest BCUT2D eigenvalue weighted by atomic mass is 32.2. The van der Waals surface area contributed by atoms with Crippen LogP contribution in [-0.2, 0) is 10.0 Å². The van der Waals surface area contributed by atoms with Gasteiger partial charge in [0, 0.05) is 31.7 Å². The van der Waals surface area contributed by atoms with E-state index in [0.717, 1.165) is 5.56 Å². The molecule has 2 aliphatic heterocycles. The average Bonchev–Trinajstić information content (AvgIpc) is 2.79. The molecule has 1 N–H and O–H groups in total. The maximum Gasteiger partial charge on any atom is 0.252 e. The van der Waals surface area contributed by atoms with Gasteiger partial charge in [-0.15, -0.1) is 0 Å². The number of piperazine rings is 1. The van der Waals surface area contributed by atoms with Gasteiger partial charge in [0.1, 0.15) is 13.2 Å². The smallest absolute Gasteiger partial charge is 0.252 e. The van der Waals surface area contributed by atoms with Gasteiger partial charge in [0.05, 0.1) is 10.9 Å². The molecule has 2 heterocycles. The zero-order valence-corrected chi connectivity index (χ0v) is 19.4. The number of fused-ring (bicyclic) bond motifs is 1. The second-order valence-electron chi connectivity index (χ2n) is 8.28. The number of hydrogen-bond donors (Lipinski definition) is 1. The van der Waals surface area contributed by atoms with Crippen LogP contribution in [0.15, 0.2) is 41.3 Å². The number of hydrogen-bond acceptors (Lipinski definition) is 6. The number of carbonyl (C=O) groups excluding carboxylic acids is 1. The molecule has 4 rings (SSSR count). The number of likely N-dealkylation sites (N-methyl/N-ethyl adjacent to an activating group) is 1. The molecule has 32 heavy (non-hydrogen) atoms. The third kappa shape index (κ3) is 4.60. The van der Waals surface area contributed by atoms with Gasteiger partial charge in [-0.25, -0.2) is 8.42 Å². The van der Waals surface area contributed by atoms with Crippen LogP contribution in [0.25, 0.3) is 0 Å². The van der Waals surface area contributed by atoms with Crippen LogP contribution in [0.1, 0.15) is 34.5 Å². The predicted octanol–water partition coefficient (Wildman–Crippen LogP) is 2.19. The van der Waals surface area contributed by atoms with E-state index in [1.807, 2.05) is 32.2 Å².